The van der Waals surface area contributed by atoms with Gasteiger partial charge in [-0.1, -0.05) is 12.1 Å². The lowest BCUT2D eigenvalue weighted by atomic mass is 10.1. The van der Waals surface area contributed by atoms with Crippen LogP contribution in [0.5, 0.6) is 5.75 Å². The topological polar surface area (TPSA) is 84.3 Å². The van der Waals surface area contributed by atoms with Crippen molar-refractivity contribution >= 4 is 11.8 Å². The van der Waals surface area contributed by atoms with Gasteiger partial charge in [0.2, 0.25) is 0 Å². The highest BCUT2D eigenvalue weighted by Crippen LogP contribution is 2.13. The molecule has 0 unspecified atom stereocenters. The second-order valence-electron chi connectivity index (χ2n) is 4.14. The van der Waals surface area contributed by atoms with E-state index in [1.807, 2.05) is 24.3 Å². The van der Waals surface area contributed by atoms with Crippen molar-refractivity contribution in [1.82, 2.24) is 10.2 Å². The van der Waals surface area contributed by atoms with Crippen molar-refractivity contribution in [1.29, 1.82) is 0 Å². The summed E-state index contributed by atoms with van der Waals surface area (Å²) in [5, 5.41) is 19.2. The molecule has 1 aromatic carbocycles. The third-order valence-electron chi connectivity index (χ3n) is 2.74. The molecule has 6 nitrogen and oxygen atoms in total. The van der Waals surface area contributed by atoms with Crippen LogP contribution in [0, 0.1) is 0 Å². The Kier molecular flexibility index (Phi) is 4.49. The molecule has 1 heterocycles. The van der Waals surface area contributed by atoms with Crippen molar-refractivity contribution in [2.24, 2.45) is 0 Å². The number of aromatic nitrogens is 2. The summed E-state index contributed by atoms with van der Waals surface area (Å²) in [6.07, 6.45) is 0.805. The molecule has 2 rings (SSSR count). The van der Waals surface area contributed by atoms with Crippen LogP contribution in [0.25, 0.3) is 0 Å². The molecule has 6 heteroatoms. The van der Waals surface area contributed by atoms with Crippen LogP contribution in [0.4, 0.5) is 5.82 Å². The van der Waals surface area contributed by atoms with Gasteiger partial charge >= 0.3 is 5.97 Å². The molecule has 0 radical (unpaired) electrons. The number of anilines is 1. The van der Waals surface area contributed by atoms with Gasteiger partial charge in [0.1, 0.15) is 11.6 Å². The second-order valence-corrected chi connectivity index (χ2v) is 4.14. The maximum absolute atomic E-state index is 10.6. The van der Waals surface area contributed by atoms with Crippen molar-refractivity contribution in [3.05, 3.63) is 47.7 Å². The number of carboxylic acids is 1. The zero-order valence-electron chi connectivity index (χ0n) is 11.0. The summed E-state index contributed by atoms with van der Waals surface area (Å²) in [4.78, 5) is 10.6. The molecule has 1 aromatic heterocycles. The van der Waals surface area contributed by atoms with Crippen LogP contribution in [-0.4, -0.2) is 34.9 Å². The maximum atomic E-state index is 10.6. The van der Waals surface area contributed by atoms with Gasteiger partial charge in [-0.3, -0.25) is 0 Å². The zero-order valence-corrected chi connectivity index (χ0v) is 11.0. The molecule has 20 heavy (non-hydrogen) atoms. The Morgan fingerprint density at radius 1 is 1.30 bits per heavy atom. The third-order valence-corrected chi connectivity index (χ3v) is 2.74. The summed E-state index contributed by atoms with van der Waals surface area (Å²) in [5.41, 5.74) is 1.08. The van der Waals surface area contributed by atoms with Gasteiger partial charge in [0.25, 0.3) is 0 Å². The number of hydrogen-bond acceptors (Lipinski definition) is 5. The van der Waals surface area contributed by atoms with Crippen LogP contribution >= 0.6 is 0 Å². The SMILES string of the molecule is COc1cccc(CCNc2ccc(C(=O)O)nn2)c1. The Hall–Kier alpha value is -2.63. The van der Waals surface area contributed by atoms with Gasteiger partial charge < -0.3 is 15.2 Å². The smallest absolute Gasteiger partial charge is 0.356 e. The van der Waals surface area contributed by atoms with Crippen LogP contribution in [-0.2, 0) is 6.42 Å². The molecule has 0 saturated heterocycles. The summed E-state index contributed by atoms with van der Waals surface area (Å²) in [7, 11) is 1.64. The van der Waals surface area contributed by atoms with E-state index < -0.39 is 5.97 Å². The van der Waals surface area contributed by atoms with Crippen molar-refractivity contribution in [2.75, 3.05) is 19.0 Å². The minimum atomic E-state index is -1.08. The Labute approximate surface area is 116 Å². The van der Waals surface area contributed by atoms with Gasteiger partial charge in [-0.15, -0.1) is 10.2 Å². The molecule has 0 bridgehead atoms. The Balaban J connectivity index is 1.87. The first-order chi connectivity index (χ1) is 9.69. The van der Waals surface area contributed by atoms with Crippen molar-refractivity contribution in [2.45, 2.75) is 6.42 Å². The molecule has 104 valence electrons. The van der Waals surface area contributed by atoms with Crippen LogP contribution in [0.3, 0.4) is 0 Å². The first kappa shape index (κ1) is 13.8. The van der Waals surface area contributed by atoms with Crippen molar-refractivity contribution in [3.8, 4) is 5.75 Å². The first-order valence-corrected chi connectivity index (χ1v) is 6.13. The molecule has 0 fully saturated rings. The summed E-state index contributed by atoms with van der Waals surface area (Å²) >= 11 is 0. The number of methoxy groups -OCH3 is 1. The number of carbonyl (C=O) groups is 1. The minimum Gasteiger partial charge on any atom is -0.497 e. The summed E-state index contributed by atoms with van der Waals surface area (Å²) in [5.74, 6) is 0.298. The lowest BCUT2D eigenvalue weighted by molar-refractivity contribution is 0.0689. The lowest BCUT2D eigenvalue weighted by Crippen LogP contribution is -2.09. The standard InChI is InChI=1S/C14H15N3O3/c1-20-11-4-2-3-10(9-11)7-8-15-13-6-5-12(14(18)19)16-17-13/h2-6,9H,7-8H2,1H3,(H,15,17)(H,18,19). The lowest BCUT2D eigenvalue weighted by Gasteiger charge is -2.06. The summed E-state index contributed by atoms with van der Waals surface area (Å²) in [6, 6.07) is 10.8. The average Bonchev–Trinajstić information content (AvgIpc) is 2.48. The molecule has 0 aliphatic carbocycles. The largest absolute Gasteiger partial charge is 0.497 e. The van der Waals surface area contributed by atoms with Crippen LogP contribution < -0.4 is 10.1 Å². The fourth-order valence-electron chi connectivity index (χ4n) is 1.70. The highest BCUT2D eigenvalue weighted by molar-refractivity contribution is 5.85. The molecule has 2 aromatic rings. The predicted octanol–water partition coefficient (Wildman–Crippen LogP) is 1.84. The number of nitrogens with one attached hydrogen (secondary N) is 1. The van der Waals surface area contributed by atoms with Gasteiger partial charge in [0.05, 0.1) is 7.11 Å². The van der Waals surface area contributed by atoms with Gasteiger partial charge in [-0.05, 0) is 36.2 Å². The average molecular weight is 273 g/mol. The van der Waals surface area contributed by atoms with Crippen molar-refractivity contribution < 1.29 is 14.6 Å². The number of nitrogens with zero attached hydrogens (tertiary/aromatic N) is 2. The number of carboxylic acid groups (broad SMARTS) is 1. The number of rotatable bonds is 6. The van der Waals surface area contributed by atoms with E-state index in [4.69, 9.17) is 9.84 Å². The highest BCUT2D eigenvalue weighted by atomic mass is 16.5. The van der Waals surface area contributed by atoms with Gasteiger partial charge in [0, 0.05) is 6.54 Å². The van der Waals surface area contributed by atoms with Crippen LogP contribution in [0.2, 0.25) is 0 Å². The number of benzene rings is 1. The maximum Gasteiger partial charge on any atom is 0.356 e. The molecule has 0 spiro atoms. The zero-order chi connectivity index (χ0) is 14.4. The molecule has 0 aliphatic rings. The van der Waals surface area contributed by atoms with E-state index in [-0.39, 0.29) is 5.69 Å². The Morgan fingerprint density at radius 3 is 2.80 bits per heavy atom. The molecule has 0 aliphatic heterocycles. The third kappa shape index (κ3) is 3.68. The molecule has 0 amide bonds. The molecular formula is C14H15N3O3. The van der Waals surface area contributed by atoms with E-state index in [1.54, 1.807) is 13.2 Å². The monoisotopic (exact) mass is 273 g/mol. The number of aromatic carboxylic acids is 1. The summed E-state index contributed by atoms with van der Waals surface area (Å²) < 4.78 is 5.16. The van der Waals surface area contributed by atoms with E-state index in [0.717, 1.165) is 17.7 Å². The predicted molar refractivity (Wildman–Crippen MR) is 74.2 cm³/mol. The van der Waals surface area contributed by atoms with Gasteiger partial charge in [-0.25, -0.2) is 4.79 Å². The van der Waals surface area contributed by atoms with E-state index >= 15 is 0 Å². The molecule has 0 saturated carbocycles. The highest BCUT2D eigenvalue weighted by Gasteiger charge is 2.04. The van der Waals surface area contributed by atoms with Gasteiger partial charge in [0.15, 0.2) is 5.69 Å². The van der Waals surface area contributed by atoms with Gasteiger partial charge in [-0.2, -0.15) is 0 Å². The Bertz CT molecular complexity index is 584. The van der Waals surface area contributed by atoms with E-state index in [9.17, 15) is 4.79 Å². The minimum absolute atomic E-state index is 0.0663. The Morgan fingerprint density at radius 2 is 2.15 bits per heavy atom. The van der Waals surface area contributed by atoms with E-state index in [0.29, 0.717) is 12.4 Å². The van der Waals surface area contributed by atoms with Crippen molar-refractivity contribution in [3.63, 3.8) is 0 Å². The van der Waals surface area contributed by atoms with Crippen LogP contribution in [0.1, 0.15) is 16.1 Å². The van der Waals surface area contributed by atoms with E-state index in [1.165, 1.54) is 6.07 Å². The second kappa shape index (κ2) is 6.51. The summed E-state index contributed by atoms with van der Waals surface area (Å²) in [6.45, 7) is 0.675. The molecular weight excluding hydrogens is 258 g/mol. The number of hydrogen-bond donors (Lipinski definition) is 2. The molecule has 0 atom stereocenters. The normalized spacial score (nSPS) is 10.1. The van der Waals surface area contributed by atoms with E-state index in [2.05, 4.69) is 15.5 Å². The first-order valence-electron chi connectivity index (χ1n) is 6.13. The quantitative estimate of drug-likeness (QED) is 0.835. The van der Waals surface area contributed by atoms with Crippen LogP contribution in [0.15, 0.2) is 36.4 Å². The fraction of sp³-hybridized carbons (Fsp3) is 0.214. The number of ether oxygens (including phenoxy) is 1. The fourth-order valence-corrected chi connectivity index (χ4v) is 1.70. The molecule has 2 N–H and O–H groups in total.